The zero-order valence-electron chi connectivity index (χ0n) is 16.3. The number of amides is 1. The van der Waals surface area contributed by atoms with E-state index in [1.165, 1.54) is 17.3 Å². The van der Waals surface area contributed by atoms with Crippen LogP contribution in [-0.4, -0.2) is 32.5 Å². The second-order valence-electron chi connectivity index (χ2n) is 7.42. The van der Waals surface area contributed by atoms with E-state index in [0.29, 0.717) is 17.5 Å². The Kier molecular flexibility index (Phi) is 5.26. The summed E-state index contributed by atoms with van der Waals surface area (Å²) in [6.07, 6.45) is 2.54. The minimum absolute atomic E-state index is 0.105. The number of thioether (sulfide) groups is 1. The molecule has 2 aromatic heterocycles. The first-order valence-corrected chi connectivity index (χ1v) is 10.5. The highest BCUT2D eigenvalue weighted by Crippen LogP contribution is 2.32. The largest absolute Gasteiger partial charge is 0.461 e. The summed E-state index contributed by atoms with van der Waals surface area (Å²) in [4.78, 5) is 15.0. The second kappa shape index (κ2) is 7.83. The van der Waals surface area contributed by atoms with Gasteiger partial charge in [-0.05, 0) is 43.0 Å². The molecule has 146 valence electrons. The van der Waals surface area contributed by atoms with Crippen molar-refractivity contribution in [2.75, 3.05) is 11.4 Å². The second-order valence-corrected chi connectivity index (χ2v) is 8.72. The molecule has 0 saturated carbocycles. The van der Waals surface area contributed by atoms with Gasteiger partial charge in [0.1, 0.15) is 0 Å². The van der Waals surface area contributed by atoms with E-state index in [4.69, 9.17) is 4.42 Å². The number of rotatable bonds is 6. The number of aromatic nitrogens is 3. The fraction of sp³-hybridized carbons (Fsp3) is 0.381. The maximum Gasteiger partial charge on any atom is 0.240 e. The summed E-state index contributed by atoms with van der Waals surface area (Å²) >= 11 is 1.46. The summed E-state index contributed by atoms with van der Waals surface area (Å²) in [5, 5.41) is 9.18. The first-order chi connectivity index (χ1) is 13.5. The van der Waals surface area contributed by atoms with E-state index in [9.17, 15) is 4.79 Å². The summed E-state index contributed by atoms with van der Waals surface area (Å²) in [5.74, 6) is 1.91. The average Bonchev–Trinajstić information content (AvgIpc) is 3.41. The fourth-order valence-electron chi connectivity index (χ4n) is 3.49. The maximum absolute atomic E-state index is 13.1. The lowest BCUT2D eigenvalue weighted by atomic mass is 10.2. The van der Waals surface area contributed by atoms with E-state index < -0.39 is 0 Å². The van der Waals surface area contributed by atoms with Gasteiger partial charge in [0.15, 0.2) is 16.7 Å². The molecule has 28 heavy (non-hydrogen) atoms. The van der Waals surface area contributed by atoms with Crippen LogP contribution in [0.25, 0.3) is 11.6 Å². The summed E-state index contributed by atoms with van der Waals surface area (Å²) in [7, 11) is 0. The zero-order valence-corrected chi connectivity index (χ0v) is 17.1. The molecule has 6 nitrogen and oxygen atoms in total. The first kappa shape index (κ1) is 18.8. The van der Waals surface area contributed by atoms with Gasteiger partial charge < -0.3 is 9.32 Å². The molecule has 0 unspecified atom stereocenters. The molecule has 0 N–H and O–H groups in total. The van der Waals surface area contributed by atoms with Gasteiger partial charge in [-0.25, -0.2) is 0 Å². The molecule has 3 aromatic rings. The highest BCUT2D eigenvalue weighted by atomic mass is 32.2. The summed E-state index contributed by atoms with van der Waals surface area (Å²) in [6, 6.07) is 11.8. The van der Waals surface area contributed by atoms with Crippen LogP contribution in [0.3, 0.4) is 0 Å². The van der Waals surface area contributed by atoms with E-state index in [0.717, 1.165) is 30.4 Å². The van der Waals surface area contributed by atoms with Gasteiger partial charge in [-0.3, -0.25) is 9.36 Å². The fourth-order valence-corrected chi connectivity index (χ4v) is 4.41. The Morgan fingerprint density at radius 1 is 1.18 bits per heavy atom. The number of hydrogen-bond acceptors (Lipinski definition) is 5. The molecule has 0 radical (unpaired) electrons. The predicted octanol–water partition coefficient (Wildman–Crippen LogP) is 4.26. The van der Waals surface area contributed by atoms with Gasteiger partial charge in [0.25, 0.3) is 0 Å². The van der Waals surface area contributed by atoms with Crippen molar-refractivity contribution >= 4 is 23.4 Å². The molecule has 1 aliphatic heterocycles. The molecule has 1 amide bonds. The van der Waals surface area contributed by atoms with Gasteiger partial charge in [-0.2, -0.15) is 0 Å². The van der Waals surface area contributed by atoms with Crippen molar-refractivity contribution in [2.45, 2.75) is 44.1 Å². The average molecular weight is 397 g/mol. The van der Waals surface area contributed by atoms with E-state index in [-0.39, 0.29) is 11.2 Å². The summed E-state index contributed by atoms with van der Waals surface area (Å²) in [5.41, 5.74) is 2.26. The number of carbonyl (C=O) groups excluding carboxylic acids is 1. The topological polar surface area (TPSA) is 64.2 Å². The third kappa shape index (κ3) is 3.58. The molecular formula is C21H24N4O2S. The molecule has 1 atom stereocenters. The van der Waals surface area contributed by atoms with Gasteiger partial charge >= 0.3 is 0 Å². The van der Waals surface area contributed by atoms with Crippen LogP contribution in [0.2, 0.25) is 0 Å². The Balaban J connectivity index is 1.56. The normalized spacial score (nSPS) is 14.5. The zero-order chi connectivity index (χ0) is 19.7. The Morgan fingerprint density at radius 2 is 2.00 bits per heavy atom. The summed E-state index contributed by atoms with van der Waals surface area (Å²) in [6.45, 7) is 7.74. The van der Waals surface area contributed by atoms with Crippen LogP contribution in [0, 0.1) is 5.92 Å². The van der Waals surface area contributed by atoms with Crippen LogP contribution in [0.5, 0.6) is 0 Å². The van der Waals surface area contributed by atoms with E-state index in [1.807, 2.05) is 42.2 Å². The van der Waals surface area contributed by atoms with Crippen LogP contribution in [-0.2, 0) is 17.8 Å². The number of fused-ring (bicyclic) bond motifs is 1. The Bertz CT molecular complexity index is 965. The molecule has 0 bridgehead atoms. The molecule has 0 saturated heterocycles. The van der Waals surface area contributed by atoms with E-state index in [2.05, 4.69) is 34.7 Å². The van der Waals surface area contributed by atoms with Crippen LogP contribution >= 0.6 is 11.8 Å². The van der Waals surface area contributed by atoms with Gasteiger partial charge in [0, 0.05) is 18.8 Å². The number of nitrogens with zero attached hydrogens (tertiary/aromatic N) is 4. The smallest absolute Gasteiger partial charge is 0.240 e. The lowest BCUT2D eigenvalue weighted by Crippen LogP contribution is -2.35. The first-order valence-electron chi connectivity index (χ1n) is 9.57. The van der Waals surface area contributed by atoms with E-state index >= 15 is 0 Å². The molecule has 0 spiro atoms. The van der Waals surface area contributed by atoms with Gasteiger partial charge in [0.2, 0.25) is 5.91 Å². The van der Waals surface area contributed by atoms with Crippen molar-refractivity contribution < 1.29 is 9.21 Å². The molecular weight excluding hydrogens is 372 g/mol. The monoisotopic (exact) mass is 396 g/mol. The molecule has 3 heterocycles. The third-order valence-electron chi connectivity index (χ3n) is 4.79. The molecule has 0 fully saturated rings. The highest BCUT2D eigenvalue weighted by molar-refractivity contribution is 8.00. The van der Waals surface area contributed by atoms with Crippen molar-refractivity contribution in [3.8, 4) is 11.6 Å². The minimum atomic E-state index is -0.259. The van der Waals surface area contributed by atoms with Crippen molar-refractivity contribution in [3.63, 3.8) is 0 Å². The molecule has 4 rings (SSSR count). The Morgan fingerprint density at radius 3 is 2.75 bits per heavy atom. The molecule has 1 aliphatic rings. The lowest BCUT2D eigenvalue weighted by Gasteiger charge is -2.21. The van der Waals surface area contributed by atoms with Crippen LogP contribution in [0.15, 0.2) is 52.2 Å². The number of furan rings is 1. The van der Waals surface area contributed by atoms with Crippen LogP contribution in [0.4, 0.5) is 5.69 Å². The predicted molar refractivity (Wildman–Crippen MR) is 110 cm³/mol. The SMILES string of the molecule is CC(C)Cn1c(S[C@@H](C)C(=O)N2CCc3ccccc32)nnc1-c1ccco1. The number of anilines is 1. The molecule has 7 heteroatoms. The van der Waals surface area contributed by atoms with Crippen molar-refractivity contribution in [3.05, 3.63) is 48.2 Å². The minimum Gasteiger partial charge on any atom is -0.461 e. The van der Waals surface area contributed by atoms with Crippen molar-refractivity contribution in [1.29, 1.82) is 0 Å². The standard InChI is InChI=1S/C21H24N4O2S/c1-14(2)13-25-19(18-9-6-12-27-18)22-23-21(25)28-15(3)20(26)24-11-10-16-7-4-5-8-17(16)24/h4-9,12,14-15H,10-11,13H2,1-3H3/t15-/m0/s1. The van der Waals surface area contributed by atoms with Crippen LogP contribution in [0.1, 0.15) is 26.3 Å². The number of hydrogen-bond donors (Lipinski definition) is 0. The van der Waals surface area contributed by atoms with Crippen molar-refractivity contribution in [1.82, 2.24) is 14.8 Å². The molecule has 0 aliphatic carbocycles. The van der Waals surface area contributed by atoms with Gasteiger partial charge in [-0.15, -0.1) is 10.2 Å². The molecule has 1 aromatic carbocycles. The van der Waals surface area contributed by atoms with Gasteiger partial charge in [0.05, 0.1) is 11.5 Å². The number of benzene rings is 1. The quantitative estimate of drug-likeness (QED) is 0.583. The summed E-state index contributed by atoms with van der Waals surface area (Å²) < 4.78 is 7.57. The maximum atomic E-state index is 13.1. The highest BCUT2D eigenvalue weighted by Gasteiger charge is 2.30. The lowest BCUT2D eigenvalue weighted by molar-refractivity contribution is -0.117. The number of para-hydroxylation sites is 1. The number of carbonyl (C=O) groups is 1. The van der Waals surface area contributed by atoms with E-state index in [1.54, 1.807) is 6.26 Å². The van der Waals surface area contributed by atoms with Crippen molar-refractivity contribution in [2.24, 2.45) is 5.92 Å². The Labute approximate surface area is 168 Å². The third-order valence-corrected chi connectivity index (χ3v) is 5.86. The Hall–Kier alpha value is -2.54. The van der Waals surface area contributed by atoms with Crippen LogP contribution < -0.4 is 4.90 Å². The van der Waals surface area contributed by atoms with Gasteiger partial charge in [-0.1, -0.05) is 43.8 Å².